The van der Waals surface area contributed by atoms with Crippen molar-refractivity contribution in [2.45, 2.75) is 6.04 Å². The number of hydrogen-bond acceptors (Lipinski definition) is 7. The molecule has 2 aliphatic heterocycles. The van der Waals surface area contributed by atoms with Gasteiger partial charge in [-0.25, -0.2) is 0 Å². The number of ether oxygens (including phenoxy) is 3. The van der Waals surface area contributed by atoms with Crippen LogP contribution in [0.5, 0.6) is 17.2 Å². The molecule has 31 heavy (non-hydrogen) atoms. The summed E-state index contributed by atoms with van der Waals surface area (Å²) in [6.45, 7) is 1.84. The fraction of sp³-hybridized carbons (Fsp3) is 0.364. The first-order valence-electron chi connectivity index (χ1n) is 10.1. The lowest BCUT2D eigenvalue weighted by Crippen LogP contribution is -2.56. The molecule has 164 valence electrons. The van der Waals surface area contributed by atoms with E-state index in [-0.39, 0.29) is 12.7 Å². The van der Waals surface area contributed by atoms with Crippen LogP contribution >= 0.6 is 0 Å². The Balaban J connectivity index is 1.36. The van der Waals surface area contributed by atoms with E-state index in [0.29, 0.717) is 43.2 Å². The predicted molar refractivity (Wildman–Crippen MR) is 113 cm³/mol. The normalized spacial score (nSPS) is 16.1. The Labute approximate surface area is 180 Å². The number of hydrogen-bond donors (Lipinski definition) is 2. The largest absolute Gasteiger partial charge is 0.495 e. The monoisotopic (exact) mass is 427 g/mol. The maximum atomic E-state index is 12.9. The van der Waals surface area contributed by atoms with E-state index in [0.717, 1.165) is 11.4 Å². The standard InChI is InChI=1S/C22H25N3O6/c1-29-18-5-3-2-4-17(18)24-8-10-25(11-9-24)22(28)16(13-26)23-21(27)15-6-7-19-20(12-15)31-14-30-19/h2-7,12,16,26H,8-11,13-14H2,1H3,(H,23,27). The van der Waals surface area contributed by atoms with E-state index < -0.39 is 18.6 Å². The van der Waals surface area contributed by atoms with Gasteiger partial charge in [-0.2, -0.15) is 0 Å². The molecular formula is C22H25N3O6. The van der Waals surface area contributed by atoms with Crippen molar-refractivity contribution in [2.75, 3.05) is 51.6 Å². The Hall–Kier alpha value is -3.46. The number of benzene rings is 2. The number of nitrogens with one attached hydrogen (secondary N) is 1. The van der Waals surface area contributed by atoms with Gasteiger partial charge in [0.05, 0.1) is 19.4 Å². The lowest BCUT2D eigenvalue weighted by atomic mass is 10.1. The van der Waals surface area contributed by atoms with Gasteiger partial charge >= 0.3 is 0 Å². The molecule has 1 saturated heterocycles. The molecule has 9 nitrogen and oxygen atoms in total. The number of aliphatic hydroxyl groups is 1. The molecule has 0 saturated carbocycles. The third-order valence-electron chi connectivity index (χ3n) is 5.44. The van der Waals surface area contributed by atoms with Gasteiger partial charge in [0.1, 0.15) is 11.8 Å². The minimum atomic E-state index is -1.02. The van der Waals surface area contributed by atoms with Crippen LogP contribution < -0.4 is 24.4 Å². The molecule has 0 aliphatic carbocycles. The molecule has 2 aromatic rings. The number of aliphatic hydroxyl groups excluding tert-OH is 1. The van der Waals surface area contributed by atoms with Crippen LogP contribution in [-0.4, -0.2) is 74.6 Å². The molecule has 0 spiro atoms. The number of rotatable bonds is 6. The quantitative estimate of drug-likeness (QED) is 0.705. The maximum Gasteiger partial charge on any atom is 0.252 e. The van der Waals surface area contributed by atoms with E-state index in [2.05, 4.69) is 10.2 Å². The lowest BCUT2D eigenvalue weighted by molar-refractivity contribution is -0.134. The van der Waals surface area contributed by atoms with Crippen LogP contribution in [0.2, 0.25) is 0 Å². The first kappa shape index (κ1) is 20.8. The van der Waals surface area contributed by atoms with Crippen molar-refractivity contribution in [1.29, 1.82) is 0 Å². The van der Waals surface area contributed by atoms with Gasteiger partial charge in [0.15, 0.2) is 11.5 Å². The minimum Gasteiger partial charge on any atom is -0.495 e. The summed E-state index contributed by atoms with van der Waals surface area (Å²) in [6, 6.07) is 11.5. The summed E-state index contributed by atoms with van der Waals surface area (Å²) in [4.78, 5) is 29.3. The Morgan fingerprint density at radius 3 is 2.58 bits per heavy atom. The fourth-order valence-corrected chi connectivity index (χ4v) is 3.74. The predicted octanol–water partition coefficient (Wildman–Crippen LogP) is 0.863. The van der Waals surface area contributed by atoms with E-state index in [1.165, 1.54) is 0 Å². The van der Waals surface area contributed by atoms with Gasteiger partial charge in [0.2, 0.25) is 12.7 Å². The first-order valence-corrected chi connectivity index (χ1v) is 10.1. The smallest absolute Gasteiger partial charge is 0.252 e. The van der Waals surface area contributed by atoms with Crippen LogP contribution in [0.1, 0.15) is 10.4 Å². The molecule has 4 rings (SSSR count). The number of para-hydroxylation sites is 2. The Bertz CT molecular complexity index is 958. The molecule has 2 aliphatic rings. The molecule has 1 atom stereocenters. The van der Waals surface area contributed by atoms with Crippen molar-refractivity contribution in [3.05, 3.63) is 48.0 Å². The topological polar surface area (TPSA) is 101 Å². The number of piperazine rings is 1. The minimum absolute atomic E-state index is 0.110. The highest BCUT2D eigenvalue weighted by Crippen LogP contribution is 2.32. The second-order valence-electron chi connectivity index (χ2n) is 7.26. The van der Waals surface area contributed by atoms with E-state index in [4.69, 9.17) is 14.2 Å². The molecule has 1 fully saturated rings. The highest BCUT2D eigenvalue weighted by molar-refractivity contribution is 5.98. The van der Waals surface area contributed by atoms with Crippen LogP contribution in [0.4, 0.5) is 5.69 Å². The molecule has 2 aromatic carbocycles. The number of carbonyl (C=O) groups is 2. The maximum absolute atomic E-state index is 12.9. The van der Waals surface area contributed by atoms with Crippen molar-refractivity contribution >= 4 is 17.5 Å². The van der Waals surface area contributed by atoms with E-state index in [1.54, 1.807) is 30.2 Å². The molecule has 0 radical (unpaired) electrons. The van der Waals surface area contributed by atoms with Crippen molar-refractivity contribution in [3.8, 4) is 17.2 Å². The number of methoxy groups -OCH3 is 1. The van der Waals surface area contributed by atoms with Crippen molar-refractivity contribution in [3.63, 3.8) is 0 Å². The van der Waals surface area contributed by atoms with Crippen LogP contribution in [-0.2, 0) is 4.79 Å². The Kier molecular flexibility index (Phi) is 6.13. The van der Waals surface area contributed by atoms with Gasteiger partial charge in [-0.3, -0.25) is 9.59 Å². The summed E-state index contributed by atoms with van der Waals surface area (Å²) < 4.78 is 15.9. The molecule has 9 heteroatoms. The zero-order valence-corrected chi connectivity index (χ0v) is 17.2. The Morgan fingerprint density at radius 1 is 1.10 bits per heavy atom. The summed E-state index contributed by atoms with van der Waals surface area (Å²) in [7, 11) is 1.63. The second kappa shape index (κ2) is 9.13. The fourth-order valence-electron chi connectivity index (χ4n) is 3.74. The third kappa shape index (κ3) is 4.36. The number of nitrogens with zero attached hydrogens (tertiary/aromatic N) is 2. The molecule has 1 unspecified atom stereocenters. The SMILES string of the molecule is COc1ccccc1N1CCN(C(=O)C(CO)NC(=O)c2ccc3c(c2)OCO3)CC1. The summed E-state index contributed by atoms with van der Waals surface area (Å²) in [5.74, 6) is 1.06. The zero-order chi connectivity index (χ0) is 21.8. The summed E-state index contributed by atoms with van der Waals surface area (Å²) in [5.41, 5.74) is 1.31. The zero-order valence-electron chi connectivity index (χ0n) is 17.2. The van der Waals surface area contributed by atoms with Crippen molar-refractivity contribution in [2.24, 2.45) is 0 Å². The van der Waals surface area contributed by atoms with Gasteiger partial charge in [0.25, 0.3) is 5.91 Å². The highest BCUT2D eigenvalue weighted by Gasteiger charge is 2.29. The number of anilines is 1. The molecule has 2 amide bonds. The molecule has 0 aromatic heterocycles. The molecule has 2 heterocycles. The number of fused-ring (bicyclic) bond motifs is 1. The lowest BCUT2D eigenvalue weighted by Gasteiger charge is -2.37. The van der Waals surface area contributed by atoms with Gasteiger partial charge in [-0.1, -0.05) is 12.1 Å². The van der Waals surface area contributed by atoms with Gasteiger partial charge in [-0.05, 0) is 30.3 Å². The first-order chi connectivity index (χ1) is 15.1. The summed E-state index contributed by atoms with van der Waals surface area (Å²) in [6.07, 6.45) is 0. The second-order valence-corrected chi connectivity index (χ2v) is 7.26. The van der Waals surface area contributed by atoms with E-state index in [9.17, 15) is 14.7 Å². The van der Waals surface area contributed by atoms with Crippen LogP contribution in [0.25, 0.3) is 0 Å². The molecule has 2 N–H and O–H groups in total. The summed E-state index contributed by atoms with van der Waals surface area (Å²) in [5, 5.41) is 12.4. The van der Waals surface area contributed by atoms with Crippen LogP contribution in [0, 0.1) is 0 Å². The average molecular weight is 427 g/mol. The van der Waals surface area contributed by atoms with Crippen molar-refractivity contribution < 1.29 is 28.9 Å². The van der Waals surface area contributed by atoms with E-state index in [1.807, 2.05) is 24.3 Å². The van der Waals surface area contributed by atoms with Gasteiger partial charge in [-0.15, -0.1) is 0 Å². The van der Waals surface area contributed by atoms with Gasteiger partial charge < -0.3 is 34.4 Å². The van der Waals surface area contributed by atoms with Crippen molar-refractivity contribution in [1.82, 2.24) is 10.2 Å². The van der Waals surface area contributed by atoms with Crippen LogP contribution in [0.15, 0.2) is 42.5 Å². The number of amides is 2. The molecule has 0 bridgehead atoms. The van der Waals surface area contributed by atoms with Gasteiger partial charge in [0, 0.05) is 31.7 Å². The Morgan fingerprint density at radius 2 is 1.84 bits per heavy atom. The highest BCUT2D eigenvalue weighted by atomic mass is 16.7. The third-order valence-corrected chi connectivity index (χ3v) is 5.44. The van der Waals surface area contributed by atoms with E-state index >= 15 is 0 Å². The average Bonchev–Trinajstić information content (AvgIpc) is 3.30. The summed E-state index contributed by atoms with van der Waals surface area (Å²) >= 11 is 0. The number of carbonyl (C=O) groups excluding carboxylic acids is 2. The van der Waals surface area contributed by atoms with Crippen LogP contribution in [0.3, 0.4) is 0 Å². The molecular weight excluding hydrogens is 402 g/mol.